The molecule has 1 aliphatic heterocycles. The van der Waals surface area contributed by atoms with Gasteiger partial charge >= 0.3 is 11.9 Å². The molecule has 1 amide bonds. The number of amides is 1. The van der Waals surface area contributed by atoms with Crippen LogP contribution in [-0.4, -0.2) is 72.6 Å². The lowest BCUT2D eigenvalue weighted by Gasteiger charge is -2.34. The highest BCUT2D eigenvalue weighted by atomic mass is 16.5. The summed E-state index contributed by atoms with van der Waals surface area (Å²) in [6.07, 6.45) is 0. The molecular formula is C14H22N2O5. The van der Waals surface area contributed by atoms with E-state index in [1.165, 1.54) is 7.11 Å². The third-order valence-corrected chi connectivity index (χ3v) is 4.62. The third-order valence-electron chi connectivity index (χ3n) is 4.62. The molecule has 2 fully saturated rings. The Labute approximate surface area is 123 Å². The zero-order valence-electron chi connectivity index (χ0n) is 12.7. The number of carboxylic acid groups (broad SMARTS) is 1. The molecule has 1 N–H and O–H groups in total. The number of ether oxygens (including phenoxy) is 1. The highest BCUT2D eigenvalue weighted by Crippen LogP contribution is 2.59. The fourth-order valence-corrected chi connectivity index (χ4v) is 3.13. The van der Waals surface area contributed by atoms with E-state index in [1.54, 1.807) is 4.90 Å². The summed E-state index contributed by atoms with van der Waals surface area (Å²) in [7, 11) is 1.35. The Morgan fingerprint density at radius 2 is 1.71 bits per heavy atom. The molecule has 0 radical (unpaired) electrons. The first-order valence-electron chi connectivity index (χ1n) is 7.09. The normalized spacial score (nSPS) is 28.0. The average Bonchev–Trinajstić information content (AvgIpc) is 3.01. The van der Waals surface area contributed by atoms with E-state index in [4.69, 9.17) is 5.11 Å². The molecule has 0 unspecified atom stereocenters. The standard InChI is InChI=1S/C14H22N2O5/c1-14(2)10(11(14)13(19)20)12(18)16-6-4-15(5-7-16)8-9(17)21-3/h10-11H,4-8H2,1-3H3,(H,19,20)/t10-,11+/m1/s1. The van der Waals surface area contributed by atoms with Crippen LogP contribution in [0.1, 0.15) is 13.8 Å². The van der Waals surface area contributed by atoms with Crippen LogP contribution in [0.25, 0.3) is 0 Å². The van der Waals surface area contributed by atoms with Gasteiger partial charge in [0.05, 0.1) is 25.5 Å². The summed E-state index contributed by atoms with van der Waals surface area (Å²) in [5.74, 6) is -2.28. The van der Waals surface area contributed by atoms with Gasteiger partial charge in [0.25, 0.3) is 0 Å². The van der Waals surface area contributed by atoms with Crippen LogP contribution >= 0.6 is 0 Å². The van der Waals surface area contributed by atoms with Gasteiger partial charge in [-0.1, -0.05) is 13.8 Å². The molecule has 21 heavy (non-hydrogen) atoms. The smallest absolute Gasteiger partial charge is 0.319 e. The highest BCUT2D eigenvalue weighted by molar-refractivity contribution is 5.91. The topological polar surface area (TPSA) is 87.2 Å². The Bertz CT molecular complexity index is 454. The number of hydrogen-bond acceptors (Lipinski definition) is 5. The first kappa shape index (κ1) is 15.8. The molecule has 7 nitrogen and oxygen atoms in total. The van der Waals surface area contributed by atoms with E-state index in [-0.39, 0.29) is 18.4 Å². The van der Waals surface area contributed by atoms with Crippen LogP contribution in [-0.2, 0) is 19.1 Å². The average molecular weight is 298 g/mol. The second kappa shape index (κ2) is 5.63. The molecule has 2 atom stereocenters. The number of nitrogens with zero attached hydrogens (tertiary/aromatic N) is 2. The quantitative estimate of drug-likeness (QED) is 0.715. The second-order valence-corrected chi connectivity index (χ2v) is 6.29. The van der Waals surface area contributed by atoms with Gasteiger partial charge in [-0.25, -0.2) is 0 Å². The zero-order valence-corrected chi connectivity index (χ0v) is 12.7. The van der Waals surface area contributed by atoms with Crippen LogP contribution < -0.4 is 0 Å². The second-order valence-electron chi connectivity index (χ2n) is 6.29. The molecule has 1 saturated carbocycles. The van der Waals surface area contributed by atoms with E-state index in [0.717, 1.165) is 0 Å². The molecule has 0 spiro atoms. The van der Waals surface area contributed by atoms with E-state index >= 15 is 0 Å². The SMILES string of the molecule is COC(=O)CN1CCN(C(=O)[C@H]2[C@@H](C(=O)O)C2(C)C)CC1. The molecule has 0 bridgehead atoms. The van der Waals surface area contributed by atoms with Gasteiger partial charge in [0.2, 0.25) is 5.91 Å². The van der Waals surface area contributed by atoms with Crippen molar-refractivity contribution in [1.82, 2.24) is 9.80 Å². The van der Waals surface area contributed by atoms with Gasteiger partial charge in [-0.3, -0.25) is 19.3 Å². The number of carboxylic acids is 1. The van der Waals surface area contributed by atoms with Crippen LogP contribution in [0.3, 0.4) is 0 Å². The Hall–Kier alpha value is -1.63. The summed E-state index contributed by atoms with van der Waals surface area (Å²) in [5, 5.41) is 9.14. The molecule has 7 heteroatoms. The van der Waals surface area contributed by atoms with Crippen molar-refractivity contribution in [1.29, 1.82) is 0 Å². The largest absolute Gasteiger partial charge is 0.481 e. The highest BCUT2D eigenvalue weighted by Gasteiger charge is 2.66. The maximum absolute atomic E-state index is 12.4. The fraction of sp³-hybridized carbons (Fsp3) is 0.786. The van der Waals surface area contributed by atoms with Crippen molar-refractivity contribution in [3.63, 3.8) is 0 Å². The molecule has 1 saturated heterocycles. The minimum Gasteiger partial charge on any atom is -0.481 e. The lowest BCUT2D eigenvalue weighted by atomic mass is 10.1. The number of carbonyl (C=O) groups excluding carboxylic acids is 2. The van der Waals surface area contributed by atoms with Gasteiger partial charge in [-0.05, 0) is 5.41 Å². The Kier molecular flexibility index (Phi) is 4.22. The van der Waals surface area contributed by atoms with Crippen molar-refractivity contribution >= 4 is 17.8 Å². The summed E-state index contributed by atoms with van der Waals surface area (Å²) >= 11 is 0. The summed E-state index contributed by atoms with van der Waals surface area (Å²) in [6, 6.07) is 0. The number of hydrogen-bond donors (Lipinski definition) is 1. The number of methoxy groups -OCH3 is 1. The van der Waals surface area contributed by atoms with Crippen LogP contribution in [0, 0.1) is 17.3 Å². The number of aliphatic carboxylic acids is 1. The van der Waals surface area contributed by atoms with E-state index in [2.05, 4.69) is 4.74 Å². The van der Waals surface area contributed by atoms with E-state index in [9.17, 15) is 14.4 Å². The number of carbonyl (C=O) groups is 3. The van der Waals surface area contributed by atoms with Gasteiger partial charge in [0, 0.05) is 26.2 Å². The number of esters is 1. The van der Waals surface area contributed by atoms with Crippen LogP contribution in [0.4, 0.5) is 0 Å². The van der Waals surface area contributed by atoms with Crippen LogP contribution in [0.15, 0.2) is 0 Å². The third kappa shape index (κ3) is 3.02. The maximum Gasteiger partial charge on any atom is 0.319 e. The lowest BCUT2D eigenvalue weighted by Crippen LogP contribution is -2.50. The minimum absolute atomic E-state index is 0.0786. The number of rotatable bonds is 4. The molecular weight excluding hydrogens is 276 g/mol. The van der Waals surface area contributed by atoms with Gasteiger partial charge < -0.3 is 14.7 Å². The Morgan fingerprint density at radius 1 is 1.14 bits per heavy atom. The van der Waals surface area contributed by atoms with Crippen LogP contribution in [0.5, 0.6) is 0 Å². The van der Waals surface area contributed by atoms with E-state index < -0.39 is 23.2 Å². The van der Waals surface area contributed by atoms with E-state index in [1.807, 2.05) is 18.7 Å². The van der Waals surface area contributed by atoms with Crippen molar-refractivity contribution in [2.75, 3.05) is 39.8 Å². The van der Waals surface area contributed by atoms with Crippen molar-refractivity contribution in [3.05, 3.63) is 0 Å². The molecule has 1 aliphatic carbocycles. The minimum atomic E-state index is -0.900. The molecule has 0 aromatic carbocycles. The van der Waals surface area contributed by atoms with Gasteiger partial charge in [-0.15, -0.1) is 0 Å². The van der Waals surface area contributed by atoms with Crippen molar-refractivity contribution < 1.29 is 24.2 Å². The van der Waals surface area contributed by atoms with Crippen molar-refractivity contribution in [3.8, 4) is 0 Å². The summed E-state index contributed by atoms with van der Waals surface area (Å²) < 4.78 is 4.62. The van der Waals surface area contributed by atoms with Gasteiger partial charge in [0.1, 0.15) is 0 Å². The maximum atomic E-state index is 12.4. The molecule has 0 aromatic rings. The van der Waals surface area contributed by atoms with Crippen molar-refractivity contribution in [2.24, 2.45) is 17.3 Å². The van der Waals surface area contributed by atoms with Crippen LogP contribution in [0.2, 0.25) is 0 Å². The first-order chi connectivity index (χ1) is 9.78. The summed E-state index contributed by atoms with van der Waals surface area (Å²) in [4.78, 5) is 38.4. The Balaban J connectivity index is 1.87. The fourth-order valence-electron chi connectivity index (χ4n) is 3.13. The van der Waals surface area contributed by atoms with Gasteiger partial charge in [0.15, 0.2) is 0 Å². The molecule has 0 aromatic heterocycles. The number of piperazine rings is 1. The first-order valence-corrected chi connectivity index (χ1v) is 7.09. The molecule has 2 aliphatic rings. The van der Waals surface area contributed by atoms with E-state index in [0.29, 0.717) is 26.2 Å². The Morgan fingerprint density at radius 3 is 2.14 bits per heavy atom. The summed E-state index contributed by atoms with van der Waals surface area (Å²) in [6.45, 7) is 6.12. The lowest BCUT2D eigenvalue weighted by molar-refractivity contribution is -0.144. The van der Waals surface area contributed by atoms with Crippen molar-refractivity contribution in [2.45, 2.75) is 13.8 Å². The monoisotopic (exact) mass is 298 g/mol. The summed E-state index contributed by atoms with van der Waals surface area (Å²) in [5.41, 5.74) is -0.466. The van der Waals surface area contributed by atoms with Gasteiger partial charge in [-0.2, -0.15) is 0 Å². The molecule has 2 rings (SSSR count). The predicted octanol–water partition coefficient (Wildman–Crippen LogP) is -0.340. The predicted molar refractivity (Wildman–Crippen MR) is 73.4 cm³/mol. The zero-order chi connectivity index (χ0) is 15.8. The molecule has 1 heterocycles. The molecule has 118 valence electrons.